The topological polar surface area (TPSA) is 114 Å². The van der Waals surface area contributed by atoms with Gasteiger partial charge in [-0.3, -0.25) is 4.98 Å². The number of imidazole rings is 1. The lowest BCUT2D eigenvalue weighted by Crippen LogP contribution is -2.32. The molecule has 4 heterocycles. The molecule has 0 spiro atoms. The lowest BCUT2D eigenvalue weighted by Gasteiger charge is -2.32. The fourth-order valence-corrected chi connectivity index (χ4v) is 6.28. The van der Waals surface area contributed by atoms with Gasteiger partial charge in [-0.05, 0) is 85.4 Å². The number of nitrogens with two attached hydrogens (primary N) is 1. The molecule has 1 aromatic carbocycles. The Balaban J connectivity index is 1.34. The summed E-state index contributed by atoms with van der Waals surface area (Å²) in [4.78, 5) is 8.79. The molecule has 3 atom stereocenters. The number of hydrogen-bond acceptors (Lipinski definition) is 7. The van der Waals surface area contributed by atoms with E-state index in [1.165, 1.54) is 16.6 Å². The van der Waals surface area contributed by atoms with Crippen molar-refractivity contribution in [3.05, 3.63) is 71.7 Å². The maximum atomic E-state index is 15.5. The Morgan fingerprint density at radius 1 is 1.10 bits per heavy atom. The maximum absolute atomic E-state index is 15.5. The largest absolute Gasteiger partial charge is 0.381 e. The molecule has 3 N–H and O–H groups in total. The van der Waals surface area contributed by atoms with Gasteiger partial charge in [-0.25, -0.2) is 13.8 Å². The Labute approximate surface area is 231 Å². The zero-order valence-corrected chi connectivity index (χ0v) is 22.3. The molecule has 3 aromatic heterocycles. The third-order valence-electron chi connectivity index (χ3n) is 8.32. The second kappa shape index (κ2) is 10.6. The van der Waals surface area contributed by atoms with E-state index in [9.17, 15) is 5.26 Å². The van der Waals surface area contributed by atoms with Crippen LogP contribution in [0.1, 0.15) is 56.1 Å². The van der Waals surface area contributed by atoms with Gasteiger partial charge < -0.3 is 15.8 Å². The van der Waals surface area contributed by atoms with Crippen molar-refractivity contribution in [2.24, 2.45) is 11.7 Å². The molecule has 0 bridgehead atoms. The van der Waals surface area contributed by atoms with Gasteiger partial charge in [0.25, 0.3) is 0 Å². The minimum absolute atomic E-state index is 0.117. The number of nitrogens with one attached hydrogen (secondary N) is 1. The Morgan fingerprint density at radius 3 is 2.60 bits per heavy atom. The number of fused-ring (bicyclic) bond motifs is 1. The first kappa shape index (κ1) is 26.3. The van der Waals surface area contributed by atoms with Crippen LogP contribution in [0.25, 0.3) is 16.8 Å². The third kappa shape index (κ3) is 4.80. The summed E-state index contributed by atoms with van der Waals surface area (Å²) in [7, 11) is 0. The molecule has 2 aliphatic rings. The summed E-state index contributed by atoms with van der Waals surface area (Å²) in [6, 6.07) is 10.2. The first-order valence-corrected chi connectivity index (χ1v) is 13.7. The van der Waals surface area contributed by atoms with Crippen LogP contribution in [0.5, 0.6) is 0 Å². The number of pyridine rings is 1. The molecule has 0 radical (unpaired) electrons. The summed E-state index contributed by atoms with van der Waals surface area (Å²) >= 11 is 0. The van der Waals surface area contributed by atoms with Crippen molar-refractivity contribution >= 4 is 17.2 Å². The van der Waals surface area contributed by atoms with E-state index in [1.54, 1.807) is 30.7 Å². The molecule has 4 aromatic rings. The summed E-state index contributed by atoms with van der Waals surface area (Å²) in [6.07, 6.45) is 8.89. The van der Waals surface area contributed by atoms with Crippen molar-refractivity contribution in [1.82, 2.24) is 19.6 Å². The van der Waals surface area contributed by atoms with Crippen LogP contribution < -0.4 is 11.1 Å². The lowest BCUT2D eigenvalue weighted by molar-refractivity contribution is 0.0674. The van der Waals surface area contributed by atoms with Crippen LogP contribution in [0.15, 0.2) is 48.9 Å². The molecule has 40 heavy (non-hydrogen) atoms. The van der Waals surface area contributed by atoms with Crippen molar-refractivity contribution in [3.8, 4) is 17.3 Å². The SMILES string of the molecule is CC1CC(N)CC(c2ccncc2Nc2ncc3ccc(-c4c(F)cc(C5(C#N)CCOCC5)cc4F)nn23)C1. The minimum Gasteiger partial charge on any atom is -0.381 e. The highest BCUT2D eigenvalue weighted by Gasteiger charge is 2.36. The summed E-state index contributed by atoms with van der Waals surface area (Å²) in [5, 5.41) is 17.7. The molecule has 1 aliphatic heterocycles. The Kier molecular flexibility index (Phi) is 6.94. The molecule has 1 saturated heterocycles. The molecule has 8 nitrogen and oxygen atoms in total. The second-order valence-corrected chi connectivity index (χ2v) is 11.1. The van der Waals surface area contributed by atoms with Gasteiger partial charge in [0, 0.05) is 25.5 Å². The zero-order valence-electron chi connectivity index (χ0n) is 22.3. The van der Waals surface area contributed by atoms with Gasteiger partial charge in [0.15, 0.2) is 0 Å². The van der Waals surface area contributed by atoms with E-state index in [2.05, 4.69) is 33.4 Å². The Bertz CT molecular complexity index is 1560. The first-order valence-electron chi connectivity index (χ1n) is 13.7. The fourth-order valence-electron chi connectivity index (χ4n) is 6.28. The third-order valence-corrected chi connectivity index (χ3v) is 8.32. The van der Waals surface area contributed by atoms with Crippen LogP contribution in [0.2, 0.25) is 0 Å². The van der Waals surface area contributed by atoms with E-state index in [0.29, 0.717) is 49.0 Å². The van der Waals surface area contributed by atoms with Crippen LogP contribution in [-0.2, 0) is 10.2 Å². The van der Waals surface area contributed by atoms with Crippen molar-refractivity contribution in [3.63, 3.8) is 0 Å². The maximum Gasteiger partial charge on any atom is 0.229 e. The lowest BCUT2D eigenvalue weighted by atomic mass is 9.75. The monoisotopic (exact) mass is 543 g/mol. The number of rotatable bonds is 5. The molecule has 10 heteroatoms. The van der Waals surface area contributed by atoms with Crippen molar-refractivity contribution < 1.29 is 13.5 Å². The number of nitriles is 1. The first-order chi connectivity index (χ1) is 19.4. The van der Waals surface area contributed by atoms with E-state index in [-0.39, 0.29) is 23.2 Å². The highest BCUT2D eigenvalue weighted by atomic mass is 19.1. The van der Waals surface area contributed by atoms with E-state index >= 15 is 8.78 Å². The predicted octanol–water partition coefficient (Wildman–Crippen LogP) is 5.62. The summed E-state index contributed by atoms with van der Waals surface area (Å²) < 4.78 is 37.8. The quantitative estimate of drug-likeness (QED) is 0.336. The number of benzene rings is 1. The number of halogens is 2. The van der Waals surface area contributed by atoms with Crippen molar-refractivity contribution in [1.29, 1.82) is 5.26 Å². The van der Waals surface area contributed by atoms with Gasteiger partial charge in [-0.15, -0.1) is 0 Å². The average Bonchev–Trinajstić information content (AvgIpc) is 3.34. The number of aromatic nitrogens is 4. The fraction of sp³-hybridized carbons (Fsp3) is 0.400. The molecule has 1 saturated carbocycles. The summed E-state index contributed by atoms with van der Waals surface area (Å²) in [5.41, 5.74) is 8.11. The highest BCUT2D eigenvalue weighted by molar-refractivity contribution is 5.66. The molecule has 2 fully saturated rings. The Morgan fingerprint density at radius 2 is 1.88 bits per heavy atom. The minimum atomic E-state index is -0.973. The van der Waals surface area contributed by atoms with Crippen LogP contribution >= 0.6 is 0 Å². The van der Waals surface area contributed by atoms with Gasteiger partial charge in [0.2, 0.25) is 5.95 Å². The summed E-state index contributed by atoms with van der Waals surface area (Å²) in [5.74, 6) is -0.322. The van der Waals surface area contributed by atoms with Gasteiger partial charge >= 0.3 is 0 Å². The number of hydrogen-bond donors (Lipinski definition) is 2. The highest BCUT2D eigenvalue weighted by Crippen LogP contribution is 2.40. The van der Waals surface area contributed by atoms with Gasteiger partial charge in [-0.1, -0.05) is 6.92 Å². The molecule has 1 aliphatic carbocycles. The van der Waals surface area contributed by atoms with Crippen LogP contribution in [0, 0.1) is 28.9 Å². The van der Waals surface area contributed by atoms with Gasteiger partial charge in [0.1, 0.15) is 11.6 Å². The molecule has 3 unspecified atom stereocenters. The van der Waals surface area contributed by atoms with Crippen molar-refractivity contribution in [2.45, 2.75) is 56.4 Å². The van der Waals surface area contributed by atoms with E-state index in [0.717, 1.165) is 30.5 Å². The normalized spacial score (nSPS) is 22.6. The molecular weight excluding hydrogens is 512 g/mol. The predicted molar refractivity (Wildman–Crippen MR) is 147 cm³/mol. The molecule has 0 amide bonds. The van der Waals surface area contributed by atoms with Gasteiger partial charge in [0.05, 0.1) is 46.3 Å². The van der Waals surface area contributed by atoms with Crippen LogP contribution in [-0.4, -0.2) is 38.8 Å². The Hall–Kier alpha value is -3.94. The van der Waals surface area contributed by atoms with E-state index < -0.39 is 17.0 Å². The average molecular weight is 544 g/mol. The standard InChI is InChI=1S/C30H31F2N7O/c1-18-10-19(12-21(34)11-18)23-4-7-35-16-27(23)37-29-36-15-22-2-3-26(38-39(22)29)28-24(31)13-20(14-25(28)32)30(17-33)5-8-40-9-6-30/h2-4,7,13-16,18-19,21H,5-6,8-12,34H2,1H3,(H,36,37). The van der Waals surface area contributed by atoms with Gasteiger partial charge in [-0.2, -0.15) is 14.9 Å². The summed E-state index contributed by atoms with van der Waals surface area (Å²) in [6.45, 7) is 2.97. The van der Waals surface area contributed by atoms with Crippen LogP contribution in [0.4, 0.5) is 20.4 Å². The smallest absolute Gasteiger partial charge is 0.229 e. The molecule has 6 rings (SSSR count). The molecular formula is C30H31F2N7O. The van der Waals surface area contributed by atoms with E-state index in [4.69, 9.17) is 10.5 Å². The zero-order chi connectivity index (χ0) is 27.9. The van der Waals surface area contributed by atoms with E-state index in [1.807, 2.05) is 6.07 Å². The second-order valence-electron chi connectivity index (χ2n) is 11.1. The number of ether oxygens (including phenoxy) is 1. The number of anilines is 2. The van der Waals surface area contributed by atoms with Crippen molar-refractivity contribution in [2.75, 3.05) is 18.5 Å². The molecule has 206 valence electrons. The van der Waals surface area contributed by atoms with Crippen LogP contribution in [0.3, 0.4) is 0 Å². The number of nitrogens with zero attached hydrogens (tertiary/aromatic N) is 5.